The molecule has 1 aromatic carbocycles. The first-order chi connectivity index (χ1) is 9.33. The average Bonchev–Trinajstić information content (AvgIpc) is 2.91. The molecule has 1 heterocycles. The number of para-hydroxylation sites is 1. The lowest BCUT2D eigenvalue weighted by Gasteiger charge is -2.08. The Morgan fingerprint density at radius 1 is 1.26 bits per heavy atom. The molecule has 102 valence electrons. The van der Waals surface area contributed by atoms with Crippen molar-refractivity contribution in [1.29, 1.82) is 0 Å². The van der Waals surface area contributed by atoms with E-state index in [-0.39, 0.29) is 0 Å². The smallest absolute Gasteiger partial charge is 0.140 e. The molecule has 1 N–H and O–H groups in total. The SMILES string of the molecule is CCNCc1csc(COc2ccccc2CC)n1. The quantitative estimate of drug-likeness (QED) is 0.841. The lowest BCUT2D eigenvalue weighted by molar-refractivity contribution is 0.302. The number of nitrogens with zero attached hydrogens (tertiary/aromatic N) is 1. The minimum absolute atomic E-state index is 0.549. The fourth-order valence-corrected chi connectivity index (χ4v) is 2.53. The van der Waals surface area contributed by atoms with Crippen LogP contribution in [0, 0.1) is 0 Å². The molecule has 2 rings (SSSR count). The van der Waals surface area contributed by atoms with Gasteiger partial charge in [0.05, 0.1) is 5.69 Å². The monoisotopic (exact) mass is 276 g/mol. The highest BCUT2D eigenvalue weighted by atomic mass is 32.1. The van der Waals surface area contributed by atoms with Gasteiger partial charge in [0, 0.05) is 11.9 Å². The molecule has 19 heavy (non-hydrogen) atoms. The fraction of sp³-hybridized carbons (Fsp3) is 0.400. The lowest BCUT2D eigenvalue weighted by atomic mass is 10.1. The van der Waals surface area contributed by atoms with Crippen LogP contribution in [0.5, 0.6) is 5.75 Å². The minimum Gasteiger partial charge on any atom is -0.486 e. The van der Waals surface area contributed by atoms with Gasteiger partial charge in [-0.15, -0.1) is 11.3 Å². The largest absolute Gasteiger partial charge is 0.486 e. The molecule has 0 bridgehead atoms. The predicted molar refractivity (Wildman–Crippen MR) is 79.6 cm³/mol. The van der Waals surface area contributed by atoms with Gasteiger partial charge in [-0.2, -0.15) is 0 Å². The Morgan fingerprint density at radius 3 is 2.89 bits per heavy atom. The molecule has 0 spiro atoms. The van der Waals surface area contributed by atoms with Gasteiger partial charge in [0.25, 0.3) is 0 Å². The Morgan fingerprint density at radius 2 is 2.11 bits per heavy atom. The topological polar surface area (TPSA) is 34.1 Å². The second kappa shape index (κ2) is 7.26. The molecule has 0 aliphatic carbocycles. The summed E-state index contributed by atoms with van der Waals surface area (Å²) in [4.78, 5) is 4.55. The number of benzene rings is 1. The summed E-state index contributed by atoms with van der Waals surface area (Å²) >= 11 is 1.66. The number of hydrogen-bond donors (Lipinski definition) is 1. The summed E-state index contributed by atoms with van der Waals surface area (Å²) in [5.74, 6) is 0.966. The van der Waals surface area contributed by atoms with Crippen molar-refractivity contribution in [3.63, 3.8) is 0 Å². The number of ether oxygens (including phenoxy) is 1. The van der Waals surface area contributed by atoms with Gasteiger partial charge < -0.3 is 10.1 Å². The Hall–Kier alpha value is -1.39. The van der Waals surface area contributed by atoms with Crippen molar-refractivity contribution in [1.82, 2.24) is 10.3 Å². The van der Waals surface area contributed by atoms with E-state index in [0.29, 0.717) is 6.61 Å². The molecule has 4 heteroatoms. The van der Waals surface area contributed by atoms with Crippen molar-refractivity contribution >= 4 is 11.3 Å². The molecule has 0 fully saturated rings. The number of hydrogen-bond acceptors (Lipinski definition) is 4. The van der Waals surface area contributed by atoms with Crippen molar-refractivity contribution in [3.05, 3.63) is 45.9 Å². The number of nitrogens with one attached hydrogen (secondary N) is 1. The van der Waals surface area contributed by atoms with Crippen LogP contribution < -0.4 is 10.1 Å². The molecule has 2 aromatic rings. The van der Waals surface area contributed by atoms with E-state index in [2.05, 4.69) is 35.6 Å². The summed E-state index contributed by atoms with van der Waals surface area (Å²) in [5, 5.41) is 6.39. The maximum absolute atomic E-state index is 5.86. The number of rotatable bonds is 7. The zero-order valence-corrected chi connectivity index (χ0v) is 12.3. The lowest BCUT2D eigenvalue weighted by Crippen LogP contribution is -2.12. The summed E-state index contributed by atoms with van der Waals surface area (Å²) < 4.78 is 5.86. The van der Waals surface area contributed by atoms with Crippen LogP contribution in [-0.4, -0.2) is 11.5 Å². The van der Waals surface area contributed by atoms with E-state index in [9.17, 15) is 0 Å². The second-order valence-electron chi connectivity index (χ2n) is 4.26. The minimum atomic E-state index is 0.549. The molecule has 0 unspecified atom stereocenters. The van der Waals surface area contributed by atoms with Crippen LogP contribution in [0.4, 0.5) is 0 Å². The molecule has 0 amide bonds. The maximum atomic E-state index is 5.86. The van der Waals surface area contributed by atoms with E-state index in [1.165, 1.54) is 5.56 Å². The predicted octanol–water partition coefficient (Wildman–Crippen LogP) is 3.39. The van der Waals surface area contributed by atoms with Crippen molar-refractivity contribution in [3.8, 4) is 5.75 Å². The van der Waals surface area contributed by atoms with E-state index in [0.717, 1.165) is 36.0 Å². The van der Waals surface area contributed by atoms with Crippen molar-refractivity contribution in [2.75, 3.05) is 6.54 Å². The van der Waals surface area contributed by atoms with Gasteiger partial charge in [-0.25, -0.2) is 4.98 Å². The van der Waals surface area contributed by atoms with E-state index in [1.807, 2.05) is 18.2 Å². The van der Waals surface area contributed by atoms with Gasteiger partial charge in [0.15, 0.2) is 0 Å². The summed E-state index contributed by atoms with van der Waals surface area (Å²) in [6.45, 7) is 6.58. The van der Waals surface area contributed by atoms with Crippen LogP contribution in [0.1, 0.15) is 30.1 Å². The van der Waals surface area contributed by atoms with Crippen molar-refractivity contribution in [2.45, 2.75) is 33.4 Å². The van der Waals surface area contributed by atoms with Crippen LogP contribution in [0.25, 0.3) is 0 Å². The van der Waals surface area contributed by atoms with Crippen LogP contribution in [0.3, 0.4) is 0 Å². The average molecular weight is 276 g/mol. The summed E-state index contributed by atoms with van der Waals surface area (Å²) in [7, 11) is 0. The van der Waals surface area contributed by atoms with E-state index in [4.69, 9.17) is 4.74 Å². The highest BCUT2D eigenvalue weighted by Crippen LogP contribution is 2.20. The molecule has 0 radical (unpaired) electrons. The van der Waals surface area contributed by atoms with Crippen molar-refractivity contribution in [2.24, 2.45) is 0 Å². The van der Waals surface area contributed by atoms with Crippen LogP contribution in [0.2, 0.25) is 0 Å². The normalized spacial score (nSPS) is 10.6. The van der Waals surface area contributed by atoms with E-state index < -0.39 is 0 Å². The first kappa shape index (κ1) is 14.0. The maximum Gasteiger partial charge on any atom is 0.140 e. The zero-order chi connectivity index (χ0) is 13.5. The second-order valence-corrected chi connectivity index (χ2v) is 5.21. The number of aryl methyl sites for hydroxylation is 1. The Labute approximate surface area is 118 Å². The van der Waals surface area contributed by atoms with Gasteiger partial charge in [0.1, 0.15) is 17.4 Å². The van der Waals surface area contributed by atoms with Gasteiger partial charge in [-0.3, -0.25) is 0 Å². The first-order valence-corrected chi connectivity index (χ1v) is 7.56. The van der Waals surface area contributed by atoms with E-state index in [1.54, 1.807) is 11.3 Å². The van der Waals surface area contributed by atoms with Gasteiger partial charge in [-0.05, 0) is 24.6 Å². The van der Waals surface area contributed by atoms with E-state index >= 15 is 0 Å². The number of thiazole rings is 1. The summed E-state index contributed by atoms with van der Waals surface area (Å²) in [5.41, 5.74) is 2.33. The summed E-state index contributed by atoms with van der Waals surface area (Å²) in [6.07, 6.45) is 0.986. The van der Waals surface area contributed by atoms with Crippen LogP contribution in [-0.2, 0) is 19.6 Å². The molecular formula is C15H20N2OS. The number of aromatic nitrogens is 1. The molecule has 3 nitrogen and oxygen atoms in total. The molecule has 0 saturated carbocycles. The third-order valence-corrected chi connectivity index (χ3v) is 3.73. The Bertz CT molecular complexity index is 510. The van der Waals surface area contributed by atoms with Crippen LogP contribution in [0.15, 0.2) is 29.6 Å². The van der Waals surface area contributed by atoms with Crippen LogP contribution >= 0.6 is 11.3 Å². The molecule has 0 atom stereocenters. The van der Waals surface area contributed by atoms with Gasteiger partial charge >= 0.3 is 0 Å². The highest BCUT2D eigenvalue weighted by Gasteiger charge is 2.05. The molecule has 0 aliphatic rings. The third-order valence-electron chi connectivity index (χ3n) is 2.86. The molecular weight excluding hydrogens is 256 g/mol. The standard InChI is InChI=1S/C15H20N2OS/c1-3-12-7-5-6-8-14(12)18-10-15-17-13(11-19-15)9-16-4-2/h5-8,11,16H,3-4,9-10H2,1-2H3. The molecule has 1 aromatic heterocycles. The zero-order valence-electron chi connectivity index (χ0n) is 11.5. The highest BCUT2D eigenvalue weighted by molar-refractivity contribution is 7.09. The fourth-order valence-electron chi connectivity index (χ4n) is 1.83. The Kier molecular flexibility index (Phi) is 5.36. The molecule has 0 aliphatic heterocycles. The summed E-state index contributed by atoms with van der Waals surface area (Å²) in [6, 6.07) is 8.18. The van der Waals surface area contributed by atoms with Gasteiger partial charge in [-0.1, -0.05) is 32.0 Å². The Balaban J connectivity index is 1.93. The third kappa shape index (κ3) is 4.04. The first-order valence-electron chi connectivity index (χ1n) is 6.68. The molecule has 0 saturated heterocycles. The van der Waals surface area contributed by atoms with Gasteiger partial charge in [0.2, 0.25) is 0 Å². The van der Waals surface area contributed by atoms with Crippen molar-refractivity contribution < 1.29 is 4.74 Å².